The fraction of sp³-hybridized carbons (Fsp3) is 0.368. The lowest BCUT2D eigenvalue weighted by Crippen LogP contribution is -2.38. The minimum absolute atomic E-state index is 0.0520. The van der Waals surface area contributed by atoms with Crippen molar-refractivity contribution in [2.24, 2.45) is 5.92 Å². The van der Waals surface area contributed by atoms with Gasteiger partial charge in [0.1, 0.15) is 5.78 Å². The van der Waals surface area contributed by atoms with Crippen LogP contribution in [0.5, 0.6) is 0 Å². The van der Waals surface area contributed by atoms with Crippen LogP contribution in [-0.2, 0) is 16.1 Å². The van der Waals surface area contributed by atoms with Gasteiger partial charge in [0.25, 0.3) is 0 Å². The van der Waals surface area contributed by atoms with Crippen molar-refractivity contribution in [2.75, 3.05) is 6.54 Å². The second kappa shape index (κ2) is 7.21. The summed E-state index contributed by atoms with van der Waals surface area (Å²) in [6.07, 6.45) is 0.556. The standard InChI is InChI=1S/C19H23NO2/c1-4-17(14(3)21)19(22)20(5-2)13-16-11-8-10-15-9-6-7-12-18(15)16/h6-12,17H,4-5,13H2,1-3H3. The van der Waals surface area contributed by atoms with Crippen LogP contribution in [-0.4, -0.2) is 23.1 Å². The Kier molecular flexibility index (Phi) is 5.31. The molecular formula is C19H23NO2. The van der Waals surface area contributed by atoms with Gasteiger partial charge in [0.05, 0.1) is 5.92 Å². The minimum Gasteiger partial charge on any atom is -0.338 e. The normalized spacial score (nSPS) is 12.1. The number of nitrogens with zero attached hydrogens (tertiary/aromatic N) is 1. The van der Waals surface area contributed by atoms with Crippen LogP contribution >= 0.6 is 0 Å². The third-order valence-electron chi connectivity index (χ3n) is 4.13. The molecule has 0 N–H and O–H groups in total. The van der Waals surface area contributed by atoms with Gasteiger partial charge in [-0.2, -0.15) is 0 Å². The van der Waals surface area contributed by atoms with E-state index in [0.29, 0.717) is 19.5 Å². The van der Waals surface area contributed by atoms with Crippen LogP contribution in [0.1, 0.15) is 32.8 Å². The lowest BCUT2D eigenvalue weighted by molar-refractivity contribution is -0.141. The van der Waals surface area contributed by atoms with Gasteiger partial charge < -0.3 is 4.90 Å². The molecule has 1 unspecified atom stereocenters. The number of ketones is 1. The zero-order valence-corrected chi connectivity index (χ0v) is 13.5. The van der Waals surface area contributed by atoms with Crippen molar-refractivity contribution < 1.29 is 9.59 Å². The first-order valence-corrected chi connectivity index (χ1v) is 7.84. The van der Waals surface area contributed by atoms with Crippen LogP contribution in [0, 0.1) is 5.92 Å². The maximum atomic E-state index is 12.6. The molecule has 0 aromatic heterocycles. The highest BCUT2D eigenvalue weighted by Gasteiger charge is 2.25. The number of hydrogen-bond donors (Lipinski definition) is 0. The van der Waals surface area contributed by atoms with Crippen molar-refractivity contribution in [2.45, 2.75) is 33.7 Å². The second-order valence-electron chi connectivity index (χ2n) is 5.56. The van der Waals surface area contributed by atoms with Crippen LogP contribution in [0.2, 0.25) is 0 Å². The molecular weight excluding hydrogens is 274 g/mol. The molecule has 0 aliphatic carbocycles. The largest absolute Gasteiger partial charge is 0.338 e. The van der Waals surface area contributed by atoms with E-state index in [4.69, 9.17) is 0 Å². The number of Topliss-reactive ketones (excluding diaryl/α,β-unsaturated/α-hetero) is 1. The van der Waals surface area contributed by atoms with Gasteiger partial charge in [-0.15, -0.1) is 0 Å². The molecule has 22 heavy (non-hydrogen) atoms. The molecule has 0 saturated carbocycles. The lowest BCUT2D eigenvalue weighted by atomic mass is 9.99. The van der Waals surface area contributed by atoms with Crippen molar-refractivity contribution in [3.05, 3.63) is 48.0 Å². The molecule has 1 amide bonds. The van der Waals surface area contributed by atoms with Gasteiger partial charge in [-0.05, 0) is 36.6 Å². The van der Waals surface area contributed by atoms with Crippen LogP contribution < -0.4 is 0 Å². The molecule has 116 valence electrons. The highest BCUT2D eigenvalue weighted by Crippen LogP contribution is 2.21. The highest BCUT2D eigenvalue weighted by atomic mass is 16.2. The summed E-state index contributed by atoms with van der Waals surface area (Å²) in [6, 6.07) is 14.3. The maximum Gasteiger partial charge on any atom is 0.233 e. The zero-order chi connectivity index (χ0) is 16.1. The average molecular weight is 297 g/mol. The van der Waals surface area contributed by atoms with Crippen molar-refractivity contribution in [1.82, 2.24) is 4.90 Å². The molecule has 3 nitrogen and oxygen atoms in total. The second-order valence-corrected chi connectivity index (χ2v) is 5.56. The summed E-state index contributed by atoms with van der Waals surface area (Å²) >= 11 is 0. The number of hydrogen-bond acceptors (Lipinski definition) is 2. The first-order valence-electron chi connectivity index (χ1n) is 7.84. The quantitative estimate of drug-likeness (QED) is 0.760. The maximum absolute atomic E-state index is 12.6. The molecule has 0 heterocycles. The third kappa shape index (κ3) is 3.35. The van der Waals surface area contributed by atoms with Crippen LogP contribution in [0.3, 0.4) is 0 Å². The summed E-state index contributed by atoms with van der Waals surface area (Å²) in [7, 11) is 0. The first-order chi connectivity index (χ1) is 10.6. The van der Waals surface area contributed by atoms with Crippen molar-refractivity contribution >= 4 is 22.5 Å². The predicted octanol–water partition coefficient (Wildman–Crippen LogP) is 3.80. The number of fused-ring (bicyclic) bond motifs is 1. The van der Waals surface area contributed by atoms with E-state index in [9.17, 15) is 9.59 Å². The molecule has 0 saturated heterocycles. The van der Waals surface area contributed by atoms with Gasteiger partial charge in [0, 0.05) is 13.1 Å². The van der Waals surface area contributed by atoms with Gasteiger partial charge in [-0.1, -0.05) is 49.4 Å². The van der Waals surface area contributed by atoms with Crippen molar-refractivity contribution in [3.63, 3.8) is 0 Å². The fourth-order valence-electron chi connectivity index (χ4n) is 2.84. The Morgan fingerprint density at radius 2 is 1.73 bits per heavy atom. The monoisotopic (exact) mass is 297 g/mol. The summed E-state index contributed by atoms with van der Waals surface area (Å²) in [5, 5.41) is 2.33. The topological polar surface area (TPSA) is 37.4 Å². The van der Waals surface area contributed by atoms with E-state index in [-0.39, 0.29) is 11.7 Å². The summed E-state index contributed by atoms with van der Waals surface area (Å²) in [6.45, 7) is 6.48. The molecule has 0 fully saturated rings. The van der Waals surface area contributed by atoms with E-state index in [1.54, 1.807) is 4.90 Å². The Balaban J connectivity index is 2.29. The number of rotatable bonds is 6. The molecule has 0 aliphatic rings. The molecule has 2 rings (SSSR count). The first kappa shape index (κ1) is 16.2. The molecule has 3 heteroatoms. The molecule has 0 aliphatic heterocycles. The SMILES string of the molecule is CCC(C(C)=O)C(=O)N(CC)Cc1cccc2ccccc12. The van der Waals surface area contributed by atoms with Crippen LogP contribution in [0.4, 0.5) is 0 Å². The van der Waals surface area contributed by atoms with E-state index < -0.39 is 5.92 Å². The molecule has 2 aromatic rings. The number of benzene rings is 2. The Bertz CT molecular complexity index is 673. The van der Waals surface area contributed by atoms with Gasteiger partial charge in [-0.3, -0.25) is 9.59 Å². The smallest absolute Gasteiger partial charge is 0.233 e. The van der Waals surface area contributed by atoms with E-state index in [2.05, 4.69) is 18.2 Å². The van der Waals surface area contributed by atoms with Crippen molar-refractivity contribution in [3.8, 4) is 0 Å². The Hall–Kier alpha value is -2.16. The molecule has 0 radical (unpaired) electrons. The predicted molar refractivity (Wildman–Crippen MR) is 89.5 cm³/mol. The summed E-state index contributed by atoms with van der Waals surface area (Å²) in [4.78, 5) is 26.0. The van der Waals surface area contributed by atoms with Gasteiger partial charge in [0.15, 0.2) is 0 Å². The summed E-state index contributed by atoms with van der Waals surface area (Å²) in [5.41, 5.74) is 1.12. The molecule has 0 spiro atoms. The Labute approximate surface area is 131 Å². The third-order valence-corrected chi connectivity index (χ3v) is 4.13. The lowest BCUT2D eigenvalue weighted by Gasteiger charge is -2.25. The highest BCUT2D eigenvalue weighted by molar-refractivity contribution is 6.00. The van der Waals surface area contributed by atoms with Crippen molar-refractivity contribution in [1.29, 1.82) is 0 Å². The molecule has 0 bridgehead atoms. The molecule has 2 aromatic carbocycles. The summed E-state index contributed by atoms with van der Waals surface area (Å²) < 4.78 is 0. The van der Waals surface area contributed by atoms with Crippen LogP contribution in [0.15, 0.2) is 42.5 Å². The van der Waals surface area contributed by atoms with E-state index in [0.717, 1.165) is 10.9 Å². The van der Waals surface area contributed by atoms with E-state index in [1.807, 2.05) is 38.1 Å². The van der Waals surface area contributed by atoms with E-state index in [1.165, 1.54) is 12.3 Å². The number of carbonyl (C=O) groups is 2. The van der Waals surface area contributed by atoms with Gasteiger partial charge >= 0.3 is 0 Å². The Morgan fingerprint density at radius 3 is 2.36 bits per heavy atom. The van der Waals surface area contributed by atoms with E-state index >= 15 is 0 Å². The Morgan fingerprint density at radius 1 is 1.05 bits per heavy atom. The van der Waals surface area contributed by atoms with Crippen LogP contribution in [0.25, 0.3) is 10.8 Å². The van der Waals surface area contributed by atoms with Gasteiger partial charge in [0.2, 0.25) is 5.91 Å². The summed E-state index contributed by atoms with van der Waals surface area (Å²) in [5.74, 6) is -0.635. The zero-order valence-electron chi connectivity index (χ0n) is 13.5. The number of amides is 1. The average Bonchev–Trinajstić information content (AvgIpc) is 2.52. The number of carbonyl (C=O) groups excluding carboxylic acids is 2. The van der Waals surface area contributed by atoms with Gasteiger partial charge in [-0.25, -0.2) is 0 Å². The fourth-order valence-corrected chi connectivity index (χ4v) is 2.84. The minimum atomic E-state index is -0.519. The molecule has 1 atom stereocenters.